The Morgan fingerprint density at radius 3 is 2.76 bits per heavy atom. The van der Waals surface area contributed by atoms with Crippen molar-refractivity contribution in [2.75, 3.05) is 24.7 Å². The molecule has 0 N–H and O–H groups in total. The second-order valence-corrected chi connectivity index (χ2v) is 5.82. The molecule has 1 aliphatic heterocycles. The zero-order chi connectivity index (χ0) is 12.5. The summed E-state index contributed by atoms with van der Waals surface area (Å²) in [5.74, 6) is 0. The number of hydrogen-bond donors (Lipinski definition) is 0. The molecule has 0 unspecified atom stereocenters. The topological polar surface area (TPSA) is 12.5 Å². The third kappa shape index (κ3) is 2.66. The maximum absolute atomic E-state index is 5.56. The number of benzene rings is 1. The first-order chi connectivity index (χ1) is 8.04. The van der Waals surface area contributed by atoms with E-state index in [0.717, 1.165) is 25.1 Å². The molecule has 1 aromatic carbocycles. The highest BCUT2D eigenvalue weighted by molar-refractivity contribution is 9.08. The van der Waals surface area contributed by atoms with Crippen LogP contribution in [-0.4, -0.2) is 25.3 Å². The van der Waals surface area contributed by atoms with Crippen LogP contribution < -0.4 is 4.90 Å². The van der Waals surface area contributed by atoms with Gasteiger partial charge in [-0.1, -0.05) is 22.0 Å². The van der Waals surface area contributed by atoms with Gasteiger partial charge in [0.15, 0.2) is 0 Å². The largest absolute Gasteiger partial charge is 0.377 e. The van der Waals surface area contributed by atoms with Crippen LogP contribution in [0.15, 0.2) is 18.2 Å². The summed E-state index contributed by atoms with van der Waals surface area (Å²) < 4.78 is 5.56. The van der Waals surface area contributed by atoms with Crippen molar-refractivity contribution in [2.45, 2.75) is 31.6 Å². The number of halogens is 1. The van der Waals surface area contributed by atoms with Crippen molar-refractivity contribution in [3.8, 4) is 0 Å². The van der Waals surface area contributed by atoms with E-state index in [1.807, 2.05) is 0 Å². The summed E-state index contributed by atoms with van der Waals surface area (Å²) in [6, 6.07) is 6.71. The van der Waals surface area contributed by atoms with Crippen molar-refractivity contribution in [3.05, 3.63) is 29.3 Å². The number of anilines is 1. The van der Waals surface area contributed by atoms with Gasteiger partial charge >= 0.3 is 0 Å². The molecule has 0 saturated carbocycles. The minimum atomic E-state index is 0.0839. The fraction of sp³-hybridized carbons (Fsp3) is 0.571. The first-order valence-electron chi connectivity index (χ1n) is 6.05. The van der Waals surface area contributed by atoms with E-state index in [4.69, 9.17) is 4.74 Å². The molecule has 0 spiro atoms. The molecular weight excluding hydrogens is 278 g/mol. The van der Waals surface area contributed by atoms with Crippen molar-refractivity contribution in [1.29, 1.82) is 0 Å². The van der Waals surface area contributed by atoms with Gasteiger partial charge in [-0.05, 0) is 44.0 Å². The van der Waals surface area contributed by atoms with Crippen LogP contribution >= 0.6 is 15.9 Å². The summed E-state index contributed by atoms with van der Waals surface area (Å²) in [7, 11) is 0. The molecule has 0 atom stereocenters. The van der Waals surface area contributed by atoms with E-state index in [0.29, 0.717) is 0 Å². The molecule has 0 bridgehead atoms. The lowest BCUT2D eigenvalue weighted by Crippen LogP contribution is -2.53. The fourth-order valence-electron chi connectivity index (χ4n) is 2.33. The van der Waals surface area contributed by atoms with Gasteiger partial charge in [-0.3, -0.25) is 0 Å². The molecule has 17 heavy (non-hydrogen) atoms. The predicted molar refractivity (Wildman–Crippen MR) is 76.1 cm³/mol. The molecule has 1 aliphatic rings. The minimum absolute atomic E-state index is 0.0839. The molecular formula is C14H20BrNO. The van der Waals surface area contributed by atoms with Crippen molar-refractivity contribution < 1.29 is 4.74 Å². The summed E-state index contributed by atoms with van der Waals surface area (Å²) in [5.41, 5.74) is 4.10. The Morgan fingerprint density at radius 1 is 1.41 bits per heavy atom. The van der Waals surface area contributed by atoms with Crippen molar-refractivity contribution in [3.63, 3.8) is 0 Å². The molecule has 0 aliphatic carbocycles. The average Bonchev–Trinajstić information content (AvgIpc) is 2.28. The van der Waals surface area contributed by atoms with Crippen LogP contribution in [0.5, 0.6) is 0 Å². The van der Waals surface area contributed by atoms with Crippen LogP contribution in [0, 0.1) is 6.92 Å². The molecule has 3 heteroatoms. The maximum Gasteiger partial charge on any atom is 0.0694 e. The quantitative estimate of drug-likeness (QED) is 0.775. The van der Waals surface area contributed by atoms with Gasteiger partial charge in [-0.2, -0.15) is 0 Å². The van der Waals surface area contributed by atoms with Crippen molar-refractivity contribution in [2.24, 2.45) is 0 Å². The zero-order valence-corrected chi connectivity index (χ0v) is 12.4. The Bertz CT molecular complexity index is 403. The number of hydrogen-bond acceptors (Lipinski definition) is 2. The number of ether oxygens (including phenoxy) is 1. The Kier molecular flexibility index (Phi) is 3.79. The summed E-state index contributed by atoms with van der Waals surface area (Å²) >= 11 is 3.52. The van der Waals surface area contributed by atoms with Gasteiger partial charge in [-0.25, -0.2) is 0 Å². The molecule has 0 radical (unpaired) electrons. The molecule has 0 amide bonds. The van der Waals surface area contributed by atoms with Crippen LogP contribution in [0.1, 0.15) is 25.0 Å². The normalized spacial score (nSPS) is 19.4. The van der Waals surface area contributed by atoms with Gasteiger partial charge in [0.25, 0.3) is 0 Å². The van der Waals surface area contributed by atoms with E-state index in [1.54, 1.807) is 0 Å². The highest BCUT2D eigenvalue weighted by Gasteiger charge is 2.30. The van der Waals surface area contributed by atoms with E-state index in [-0.39, 0.29) is 5.54 Å². The highest BCUT2D eigenvalue weighted by Crippen LogP contribution is 2.28. The van der Waals surface area contributed by atoms with Crippen molar-refractivity contribution >= 4 is 21.6 Å². The van der Waals surface area contributed by atoms with E-state index in [2.05, 4.69) is 59.8 Å². The van der Waals surface area contributed by atoms with E-state index in [9.17, 15) is 0 Å². The zero-order valence-electron chi connectivity index (χ0n) is 10.8. The molecule has 0 aromatic heterocycles. The number of aryl methyl sites for hydroxylation is 1. The molecule has 2 nitrogen and oxygen atoms in total. The number of morpholine rings is 1. The molecule has 1 aromatic rings. The minimum Gasteiger partial charge on any atom is -0.377 e. The van der Waals surface area contributed by atoms with Crippen LogP contribution in [0.4, 0.5) is 5.69 Å². The van der Waals surface area contributed by atoms with E-state index in [1.165, 1.54) is 16.8 Å². The lowest BCUT2D eigenvalue weighted by molar-refractivity contribution is 0.0644. The van der Waals surface area contributed by atoms with Gasteiger partial charge in [0.2, 0.25) is 0 Å². The maximum atomic E-state index is 5.56. The molecule has 94 valence electrons. The van der Waals surface area contributed by atoms with Gasteiger partial charge in [0, 0.05) is 17.6 Å². The fourth-order valence-corrected chi connectivity index (χ4v) is 2.96. The summed E-state index contributed by atoms with van der Waals surface area (Å²) in [6.45, 7) is 9.24. The number of rotatable bonds is 2. The standard InChI is InChI=1S/C14H20BrNO/c1-11-8-13(5-4-12(11)9-15)16-6-7-17-10-14(16,2)3/h4-5,8H,6-7,9-10H2,1-3H3. The lowest BCUT2D eigenvalue weighted by Gasteiger charge is -2.44. The molecule has 1 heterocycles. The average molecular weight is 298 g/mol. The summed E-state index contributed by atoms with van der Waals surface area (Å²) in [6.07, 6.45) is 0. The van der Waals surface area contributed by atoms with Gasteiger partial charge in [0.1, 0.15) is 0 Å². The van der Waals surface area contributed by atoms with Crippen molar-refractivity contribution in [1.82, 2.24) is 0 Å². The Hall–Kier alpha value is -0.540. The number of alkyl halides is 1. The monoisotopic (exact) mass is 297 g/mol. The second kappa shape index (κ2) is 4.99. The first-order valence-corrected chi connectivity index (χ1v) is 7.17. The smallest absolute Gasteiger partial charge is 0.0694 e. The summed E-state index contributed by atoms with van der Waals surface area (Å²) in [5, 5.41) is 0.922. The third-order valence-corrected chi connectivity index (χ3v) is 4.03. The van der Waals surface area contributed by atoms with Gasteiger partial charge in [-0.15, -0.1) is 0 Å². The molecule has 2 rings (SSSR count). The van der Waals surface area contributed by atoms with Gasteiger partial charge in [0.05, 0.1) is 18.8 Å². The second-order valence-electron chi connectivity index (χ2n) is 5.26. The predicted octanol–water partition coefficient (Wildman–Crippen LogP) is 3.51. The van der Waals surface area contributed by atoms with Crippen LogP contribution in [0.25, 0.3) is 0 Å². The van der Waals surface area contributed by atoms with E-state index < -0.39 is 0 Å². The Balaban J connectivity index is 2.30. The molecule has 1 saturated heterocycles. The lowest BCUT2D eigenvalue weighted by atomic mass is 10.00. The SMILES string of the molecule is Cc1cc(N2CCOCC2(C)C)ccc1CBr. The van der Waals surface area contributed by atoms with Crippen LogP contribution in [0.2, 0.25) is 0 Å². The van der Waals surface area contributed by atoms with E-state index >= 15 is 0 Å². The van der Waals surface area contributed by atoms with Gasteiger partial charge < -0.3 is 9.64 Å². The van der Waals surface area contributed by atoms with Crippen LogP contribution in [0.3, 0.4) is 0 Å². The number of nitrogens with zero attached hydrogens (tertiary/aromatic N) is 1. The Labute approximate surface area is 112 Å². The highest BCUT2D eigenvalue weighted by atomic mass is 79.9. The van der Waals surface area contributed by atoms with Crippen LogP contribution in [-0.2, 0) is 10.1 Å². The summed E-state index contributed by atoms with van der Waals surface area (Å²) in [4.78, 5) is 2.45. The third-order valence-electron chi connectivity index (χ3n) is 3.43. The first kappa shape index (κ1) is 12.9. The Morgan fingerprint density at radius 2 is 2.18 bits per heavy atom. The molecule has 1 fully saturated rings.